The fourth-order valence-electron chi connectivity index (χ4n) is 3.09. The molecule has 118 valence electrons. The summed E-state index contributed by atoms with van der Waals surface area (Å²) in [6, 6.07) is 3.76. The molecule has 1 fully saturated rings. The smallest absolute Gasteiger partial charge is 0.160 e. The van der Waals surface area contributed by atoms with Crippen LogP contribution in [0.3, 0.4) is 0 Å². The summed E-state index contributed by atoms with van der Waals surface area (Å²) < 4.78 is 39.2. The van der Waals surface area contributed by atoms with E-state index in [0.717, 1.165) is 44.4 Å². The molecule has 1 aliphatic carbocycles. The van der Waals surface area contributed by atoms with Crippen LogP contribution in [-0.4, -0.2) is 22.0 Å². The van der Waals surface area contributed by atoms with Crippen molar-refractivity contribution < 1.29 is 13.0 Å². The Labute approximate surface area is 127 Å². The van der Waals surface area contributed by atoms with Gasteiger partial charge in [0.15, 0.2) is 11.6 Å². The number of rotatable bonds is 5. The maximum atomic E-state index is 13.4. The summed E-state index contributed by atoms with van der Waals surface area (Å²) in [6.07, 6.45) is 4.08. The number of hydrogen-bond donors (Lipinski definition) is 1. The normalized spacial score (nSPS) is 27.5. The minimum absolute atomic E-state index is 0.0338. The summed E-state index contributed by atoms with van der Waals surface area (Å²) in [7, 11) is -1.31. The van der Waals surface area contributed by atoms with Crippen molar-refractivity contribution >= 4 is 10.8 Å². The van der Waals surface area contributed by atoms with Crippen LogP contribution in [0.5, 0.6) is 0 Å². The number of hydrogen-bond acceptors (Lipinski definition) is 2. The first kappa shape index (κ1) is 16.6. The Kier molecular flexibility index (Phi) is 5.88. The first-order valence-electron chi connectivity index (χ1n) is 7.65. The molecular formula is C16H23F2NOS. The second-order valence-corrected chi connectivity index (χ2v) is 7.33. The molecule has 21 heavy (non-hydrogen) atoms. The van der Waals surface area contributed by atoms with Crippen molar-refractivity contribution in [2.75, 3.05) is 6.54 Å². The SMILES string of the molecule is CCNC1CCC(CC)CC1S(=O)c1ccc(F)c(F)c1. The molecular weight excluding hydrogens is 292 g/mol. The monoisotopic (exact) mass is 315 g/mol. The highest BCUT2D eigenvalue weighted by atomic mass is 32.2. The molecule has 0 heterocycles. The summed E-state index contributed by atoms with van der Waals surface area (Å²) in [5.41, 5.74) is 0. The molecule has 4 atom stereocenters. The van der Waals surface area contributed by atoms with Gasteiger partial charge in [-0.1, -0.05) is 20.3 Å². The van der Waals surface area contributed by atoms with Crippen LogP contribution >= 0.6 is 0 Å². The maximum absolute atomic E-state index is 13.4. The zero-order valence-corrected chi connectivity index (χ0v) is 13.4. The van der Waals surface area contributed by atoms with Crippen LogP contribution < -0.4 is 5.32 Å². The molecule has 1 aromatic rings. The maximum Gasteiger partial charge on any atom is 0.160 e. The van der Waals surface area contributed by atoms with E-state index in [1.54, 1.807) is 0 Å². The molecule has 2 rings (SSSR count). The van der Waals surface area contributed by atoms with Gasteiger partial charge in [-0.15, -0.1) is 0 Å². The zero-order valence-electron chi connectivity index (χ0n) is 12.6. The van der Waals surface area contributed by atoms with Crippen molar-refractivity contribution in [3.8, 4) is 0 Å². The van der Waals surface area contributed by atoms with Gasteiger partial charge in [-0.05, 0) is 49.9 Å². The van der Waals surface area contributed by atoms with E-state index < -0.39 is 22.4 Å². The lowest BCUT2D eigenvalue weighted by atomic mass is 9.84. The molecule has 0 saturated heterocycles. The predicted molar refractivity (Wildman–Crippen MR) is 81.7 cm³/mol. The lowest BCUT2D eigenvalue weighted by molar-refractivity contribution is 0.294. The van der Waals surface area contributed by atoms with Crippen LogP contribution in [0.2, 0.25) is 0 Å². The molecule has 0 aliphatic heterocycles. The van der Waals surface area contributed by atoms with Crippen molar-refractivity contribution in [1.82, 2.24) is 5.32 Å². The molecule has 4 unspecified atom stereocenters. The van der Waals surface area contributed by atoms with Crippen LogP contribution in [0.1, 0.15) is 39.5 Å². The van der Waals surface area contributed by atoms with Gasteiger partial charge in [0.1, 0.15) is 0 Å². The van der Waals surface area contributed by atoms with Gasteiger partial charge in [0.05, 0.1) is 16.0 Å². The minimum Gasteiger partial charge on any atom is -0.313 e. The van der Waals surface area contributed by atoms with Crippen molar-refractivity contribution in [3.63, 3.8) is 0 Å². The highest BCUT2D eigenvalue weighted by Gasteiger charge is 2.34. The van der Waals surface area contributed by atoms with Gasteiger partial charge < -0.3 is 5.32 Å². The third-order valence-electron chi connectivity index (χ3n) is 4.34. The van der Waals surface area contributed by atoms with Gasteiger partial charge >= 0.3 is 0 Å². The predicted octanol–water partition coefficient (Wildman–Crippen LogP) is 3.63. The summed E-state index contributed by atoms with van der Waals surface area (Å²) in [4.78, 5) is 0.388. The van der Waals surface area contributed by atoms with Crippen molar-refractivity contribution in [2.45, 2.75) is 55.7 Å². The Bertz CT molecular complexity index is 509. The topological polar surface area (TPSA) is 29.1 Å². The molecule has 2 nitrogen and oxygen atoms in total. The molecule has 0 spiro atoms. The average molecular weight is 315 g/mol. The van der Waals surface area contributed by atoms with E-state index in [4.69, 9.17) is 0 Å². The Hall–Kier alpha value is -0.810. The van der Waals surface area contributed by atoms with E-state index in [9.17, 15) is 13.0 Å². The molecule has 1 aromatic carbocycles. The van der Waals surface area contributed by atoms with Crippen molar-refractivity contribution in [3.05, 3.63) is 29.8 Å². The molecule has 1 aliphatic rings. The van der Waals surface area contributed by atoms with Crippen LogP contribution in [0, 0.1) is 17.6 Å². The Morgan fingerprint density at radius 1 is 1.24 bits per heavy atom. The lowest BCUT2D eigenvalue weighted by Gasteiger charge is -2.35. The molecule has 0 radical (unpaired) electrons. The van der Waals surface area contributed by atoms with Gasteiger partial charge in [0, 0.05) is 10.9 Å². The van der Waals surface area contributed by atoms with E-state index in [-0.39, 0.29) is 11.3 Å². The van der Waals surface area contributed by atoms with E-state index in [1.807, 2.05) is 6.92 Å². The van der Waals surface area contributed by atoms with Gasteiger partial charge in [-0.25, -0.2) is 8.78 Å². The summed E-state index contributed by atoms with van der Waals surface area (Å²) in [5.74, 6) is -1.25. The highest BCUT2D eigenvalue weighted by Crippen LogP contribution is 2.32. The lowest BCUT2D eigenvalue weighted by Crippen LogP contribution is -2.46. The summed E-state index contributed by atoms with van der Waals surface area (Å²) in [6.45, 7) is 5.01. The molecule has 1 N–H and O–H groups in total. The van der Waals surface area contributed by atoms with E-state index in [0.29, 0.717) is 10.8 Å². The summed E-state index contributed by atoms with van der Waals surface area (Å²) >= 11 is 0. The second kappa shape index (κ2) is 7.45. The minimum atomic E-state index is -1.31. The van der Waals surface area contributed by atoms with Gasteiger partial charge in [0.2, 0.25) is 0 Å². The third-order valence-corrected chi connectivity index (χ3v) is 6.13. The fraction of sp³-hybridized carbons (Fsp3) is 0.625. The molecule has 1 saturated carbocycles. The zero-order chi connectivity index (χ0) is 15.4. The van der Waals surface area contributed by atoms with Gasteiger partial charge in [-0.3, -0.25) is 4.21 Å². The molecule has 0 aromatic heterocycles. The molecule has 0 bridgehead atoms. The Morgan fingerprint density at radius 3 is 2.62 bits per heavy atom. The van der Waals surface area contributed by atoms with Crippen molar-refractivity contribution in [2.24, 2.45) is 5.92 Å². The van der Waals surface area contributed by atoms with Crippen LogP contribution in [0.4, 0.5) is 8.78 Å². The van der Waals surface area contributed by atoms with E-state index in [1.165, 1.54) is 6.07 Å². The van der Waals surface area contributed by atoms with Crippen molar-refractivity contribution in [1.29, 1.82) is 0 Å². The van der Waals surface area contributed by atoms with Crippen LogP contribution in [0.25, 0.3) is 0 Å². The number of benzene rings is 1. The number of nitrogens with one attached hydrogen (secondary N) is 1. The quantitative estimate of drug-likeness (QED) is 0.899. The standard InChI is InChI=1S/C16H23F2NOS/c1-3-11-5-8-15(19-4-2)16(9-11)21(20)12-6-7-13(17)14(18)10-12/h6-7,10-11,15-16,19H,3-5,8-9H2,1-2H3. The first-order valence-corrected chi connectivity index (χ1v) is 8.87. The second-order valence-electron chi connectivity index (χ2n) is 5.66. The first-order chi connectivity index (χ1) is 10.1. The van der Waals surface area contributed by atoms with Gasteiger partial charge in [0.25, 0.3) is 0 Å². The number of halogens is 2. The third kappa shape index (κ3) is 3.89. The van der Waals surface area contributed by atoms with Crippen LogP contribution in [-0.2, 0) is 10.8 Å². The molecule has 5 heteroatoms. The van der Waals surface area contributed by atoms with E-state index in [2.05, 4.69) is 12.2 Å². The van der Waals surface area contributed by atoms with E-state index >= 15 is 0 Å². The Balaban J connectivity index is 2.21. The summed E-state index contributed by atoms with van der Waals surface area (Å²) in [5, 5.41) is 3.36. The average Bonchev–Trinajstić information content (AvgIpc) is 2.50. The molecule has 0 amide bonds. The Morgan fingerprint density at radius 2 is 2.00 bits per heavy atom. The largest absolute Gasteiger partial charge is 0.313 e. The van der Waals surface area contributed by atoms with Crippen LogP contribution in [0.15, 0.2) is 23.1 Å². The fourth-order valence-corrected chi connectivity index (χ4v) is 4.84. The highest BCUT2D eigenvalue weighted by molar-refractivity contribution is 7.85. The van der Waals surface area contributed by atoms with Gasteiger partial charge in [-0.2, -0.15) is 0 Å².